The molecule has 0 fully saturated rings. The summed E-state index contributed by atoms with van der Waals surface area (Å²) in [6, 6.07) is 13.0. The highest BCUT2D eigenvalue weighted by atomic mass is 32.2. The van der Waals surface area contributed by atoms with Crippen LogP contribution in [0.4, 0.5) is 5.69 Å². The molecule has 0 radical (unpaired) electrons. The van der Waals surface area contributed by atoms with Gasteiger partial charge >= 0.3 is 5.97 Å². The Morgan fingerprint density at radius 1 is 1.23 bits per heavy atom. The van der Waals surface area contributed by atoms with E-state index >= 15 is 0 Å². The molecule has 1 amide bonds. The minimum absolute atomic E-state index is 0.0876. The summed E-state index contributed by atoms with van der Waals surface area (Å²) in [5.41, 5.74) is 1.43. The number of sulfonamides is 1. The van der Waals surface area contributed by atoms with Crippen molar-refractivity contribution in [1.82, 2.24) is 5.32 Å². The molecule has 0 saturated carbocycles. The van der Waals surface area contributed by atoms with Crippen LogP contribution in [0.1, 0.15) is 22.3 Å². The third-order valence-electron chi connectivity index (χ3n) is 4.72. The van der Waals surface area contributed by atoms with E-state index in [0.29, 0.717) is 18.7 Å². The molecule has 2 aromatic rings. The number of hydrogen-bond donors (Lipinski definition) is 1. The van der Waals surface area contributed by atoms with Crippen molar-refractivity contribution in [2.24, 2.45) is 0 Å². The smallest absolute Gasteiger partial charge is 0.342 e. The van der Waals surface area contributed by atoms with Crippen LogP contribution in [-0.2, 0) is 26.0 Å². The second-order valence-electron chi connectivity index (χ2n) is 6.65. The van der Waals surface area contributed by atoms with E-state index in [-0.39, 0.29) is 29.2 Å². The first-order chi connectivity index (χ1) is 14.9. The van der Waals surface area contributed by atoms with Gasteiger partial charge in [-0.25, -0.2) is 13.2 Å². The molecule has 9 nitrogen and oxygen atoms in total. The van der Waals surface area contributed by atoms with Crippen LogP contribution in [0, 0.1) is 11.3 Å². The van der Waals surface area contributed by atoms with E-state index in [0.717, 1.165) is 5.56 Å². The van der Waals surface area contributed by atoms with Crippen molar-refractivity contribution in [3.05, 3.63) is 53.6 Å². The van der Waals surface area contributed by atoms with Gasteiger partial charge in [0.1, 0.15) is 11.3 Å². The Kier molecular flexibility index (Phi) is 6.77. The van der Waals surface area contributed by atoms with Gasteiger partial charge in [-0.2, -0.15) is 5.26 Å². The molecule has 0 atom stereocenters. The molecule has 0 saturated heterocycles. The number of anilines is 1. The number of fused-ring (bicyclic) bond motifs is 1. The number of nitrogens with one attached hydrogen (secondary N) is 1. The van der Waals surface area contributed by atoms with Crippen molar-refractivity contribution in [1.29, 1.82) is 5.26 Å². The molecule has 1 aliphatic rings. The van der Waals surface area contributed by atoms with Gasteiger partial charge in [0.25, 0.3) is 15.9 Å². The molecule has 1 aliphatic heterocycles. The van der Waals surface area contributed by atoms with Crippen LogP contribution in [0.2, 0.25) is 0 Å². The van der Waals surface area contributed by atoms with Gasteiger partial charge in [-0.05, 0) is 36.2 Å². The van der Waals surface area contributed by atoms with Crippen molar-refractivity contribution in [2.45, 2.75) is 17.7 Å². The van der Waals surface area contributed by atoms with Gasteiger partial charge in [0, 0.05) is 13.1 Å². The number of nitriles is 1. The zero-order valence-electron chi connectivity index (χ0n) is 16.8. The van der Waals surface area contributed by atoms with Gasteiger partial charge in [0.15, 0.2) is 6.61 Å². The Hall–Kier alpha value is -3.58. The Morgan fingerprint density at radius 3 is 2.74 bits per heavy atom. The van der Waals surface area contributed by atoms with Crippen molar-refractivity contribution >= 4 is 27.6 Å². The number of nitrogens with zero attached hydrogens (tertiary/aromatic N) is 2. The van der Waals surface area contributed by atoms with Crippen LogP contribution in [0.15, 0.2) is 47.4 Å². The quantitative estimate of drug-likeness (QED) is 0.485. The maximum atomic E-state index is 13.2. The molecule has 2 aromatic carbocycles. The van der Waals surface area contributed by atoms with E-state index in [4.69, 9.17) is 14.7 Å². The maximum Gasteiger partial charge on any atom is 0.342 e. The predicted molar refractivity (Wildman–Crippen MR) is 111 cm³/mol. The van der Waals surface area contributed by atoms with Crippen molar-refractivity contribution in [3.8, 4) is 11.8 Å². The average molecular weight is 443 g/mol. The average Bonchev–Trinajstić information content (AvgIpc) is 3.22. The van der Waals surface area contributed by atoms with E-state index in [2.05, 4.69) is 5.32 Å². The highest BCUT2D eigenvalue weighted by Crippen LogP contribution is 2.34. The second-order valence-corrected chi connectivity index (χ2v) is 8.51. The fourth-order valence-electron chi connectivity index (χ4n) is 3.21. The Morgan fingerprint density at radius 2 is 2.00 bits per heavy atom. The van der Waals surface area contributed by atoms with Crippen LogP contribution in [0.25, 0.3) is 0 Å². The summed E-state index contributed by atoms with van der Waals surface area (Å²) in [4.78, 5) is 24.1. The first-order valence-corrected chi connectivity index (χ1v) is 10.9. The van der Waals surface area contributed by atoms with E-state index in [9.17, 15) is 18.0 Å². The number of rotatable bonds is 8. The zero-order valence-corrected chi connectivity index (χ0v) is 17.6. The second kappa shape index (κ2) is 9.49. The molecule has 0 bridgehead atoms. The molecule has 1 heterocycles. The Labute approximate surface area is 180 Å². The number of esters is 1. The highest BCUT2D eigenvalue weighted by molar-refractivity contribution is 7.92. The molecule has 10 heteroatoms. The number of carbonyl (C=O) groups is 2. The number of benzene rings is 2. The molecule has 0 spiro atoms. The molecule has 0 aliphatic carbocycles. The first kappa shape index (κ1) is 22.1. The summed E-state index contributed by atoms with van der Waals surface area (Å²) in [6.45, 7) is -0.124. The largest absolute Gasteiger partial charge is 0.496 e. The number of methoxy groups -OCH3 is 1. The summed E-state index contributed by atoms with van der Waals surface area (Å²) in [6.07, 6.45) is 0.731. The van der Waals surface area contributed by atoms with Gasteiger partial charge < -0.3 is 14.8 Å². The highest BCUT2D eigenvalue weighted by Gasteiger charge is 2.31. The molecule has 0 aromatic heterocycles. The van der Waals surface area contributed by atoms with Gasteiger partial charge in [-0.15, -0.1) is 0 Å². The van der Waals surface area contributed by atoms with E-state index in [1.54, 1.807) is 12.1 Å². The summed E-state index contributed by atoms with van der Waals surface area (Å²) < 4.78 is 37.9. The lowest BCUT2D eigenvalue weighted by Crippen LogP contribution is -2.30. The number of para-hydroxylation sites is 1. The van der Waals surface area contributed by atoms with Crippen molar-refractivity contribution < 1.29 is 27.5 Å². The normalized spacial score (nSPS) is 12.6. The lowest BCUT2D eigenvalue weighted by molar-refractivity contribution is -0.124. The minimum Gasteiger partial charge on any atom is -0.496 e. The zero-order chi connectivity index (χ0) is 22.4. The van der Waals surface area contributed by atoms with Crippen LogP contribution in [-0.4, -0.2) is 47.1 Å². The summed E-state index contributed by atoms with van der Waals surface area (Å²) in [5, 5.41) is 10.9. The van der Waals surface area contributed by atoms with E-state index < -0.39 is 28.5 Å². The molecule has 31 heavy (non-hydrogen) atoms. The summed E-state index contributed by atoms with van der Waals surface area (Å²) in [5.74, 6) is -1.35. The fourth-order valence-corrected chi connectivity index (χ4v) is 4.74. The lowest BCUT2D eigenvalue weighted by Gasteiger charge is -2.20. The van der Waals surface area contributed by atoms with Gasteiger partial charge in [-0.1, -0.05) is 18.2 Å². The van der Waals surface area contributed by atoms with Crippen LogP contribution >= 0.6 is 0 Å². The van der Waals surface area contributed by atoms with Crippen LogP contribution in [0.5, 0.6) is 5.75 Å². The number of hydrogen-bond acceptors (Lipinski definition) is 7. The molecule has 3 rings (SSSR count). The third-order valence-corrected chi connectivity index (χ3v) is 6.53. The molecular formula is C21H21N3O6S. The molecule has 162 valence electrons. The van der Waals surface area contributed by atoms with Crippen molar-refractivity contribution in [2.75, 3.05) is 31.1 Å². The maximum absolute atomic E-state index is 13.2. The van der Waals surface area contributed by atoms with Crippen LogP contribution in [0.3, 0.4) is 0 Å². The summed E-state index contributed by atoms with van der Waals surface area (Å²) in [7, 11) is -2.58. The molecule has 1 N–H and O–H groups in total. The number of ether oxygens (including phenoxy) is 2. The lowest BCUT2D eigenvalue weighted by atomic mass is 10.2. The van der Waals surface area contributed by atoms with E-state index in [1.165, 1.54) is 29.6 Å². The standard InChI is InChI=1S/C21H21N3O6S/c1-29-19-8-7-16(13-17(19)21(26)30-14-20(25)23-11-4-10-22)31(27,28)24-12-9-15-5-2-3-6-18(15)24/h2-3,5-8,13H,4,9,11-12,14H2,1H3,(H,23,25). The Balaban J connectivity index is 1.81. The van der Waals surface area contributed by atoms with Crippen LogP contribution < -0.4 is 14.4 Å². The molecule has 0 unspecified atom stereocenters. The first-order valence-electron chi connectivity index (χ1n) is 9.48. The fraction of sp³-hybridized carbons (Fsp3) is 0.286. The van der Waals surface area contributed by atoms with Crippen molar-refractivity contribution in [3.63, 3.8) is 0 Å². The predicted octanol–water partition coefficient (Wildman–Crippen LogP) is 1.63. The van der Waals surface area contributed by atoms with E-state index in [1.807, 2.05) is 18.2 Å². The Bertz CT molecular complexity index is 1140. The van der Waals surface area contributed by atoms with Gasteiger partial charge in [0.05, 0.1) is 30.2 Å². The number of carbonyl (C=O) groups excluding carboxylic acids is 2. The SMILES string of the molecule is COc1ccc(S(=O)(=O)N2CCc3ccccc32)cc1C(=O)OCC(=O)NCCC#N. The minimum atomic E-state index is -3.92. The third kappa shape index (κ3) is 4.78. The number of amides is 1. The monoisotopic (exact) mass is 443 g/mol. The van der Waals surface area contributed by atoms with Gasteiger partial charge in [0.2, 0.25) is 0 Å². The molecular weight excluding hydrogens is 422 g/mol. The summed E-state index contributed by atoms with van der Waals surface area (Å²) >= 11 is 0. The van der Waals surface area contributed by atoms with Gasteiger partial charge in [-0.3, -0.25) is 9.10 Å². The topological polar surface area (TPSA) is 126 Å².